The van der Waals surface area contributed by atoms with E-state index in [1.165, 1.54) is 0 Å². The van der Waals surface area contributed by atoms with Crippen molar-refractivity contribution in [3.8, 4) is 0 Å². The standard InChI is InChI=1S/C7H12F2/c1-4(2)5-3-6(5)7(8)9/h4-7H,3H2,1-2H3/t5-,6-/m0/s1. The van der Waals surface area contributed by atoms with E-state index >= 15 is 0 Å². The summed E-state index contributed by atoms with van der Waals surface area (Å²) in [7, 11) is 0. The highest BCUT2D eigenvalue weighted by Gasteiger charge is 2.45. The fourth-order valence-corrected chi connectivity index (χ4v) is 1.29. The molecule has 0 aromatic heterocycles. The number of alkyl halides is 2. The molecule has 0 spiro atoms. The molecule has 0 aromatic rings. The van der Waals surface area contributed by atoms with Gasteiger partial charge in [-0.15, -0.1) is 0 Å². The van der Waals surface area contributed by atoms with E-state index in [1.54, 1.807) is 0 Å². The quantitative estimate of drug-likeness (QED) is 0.544. The topological polar surface area (TPSA) is 0 Å². The van der Waals surface area contributed by atoms with Gasteiger partial charge in [-0.1, -0.05) is 13.8 Å². The maximum atomic E-state index is 11.8. The van der Waals surface area contributed by atoms with Gasteiger partial charge >= 0.3 is 0 Å². The van der Waals surface area contributed by atoms with Gasteiger partial charge in [0, 0.05) is 5.92 Å². The van der Waals surface area contributed by atoms with Gasteiger partial charge in [-0.3, -0.25) is 0 Å². The molecule has 1 fully saturated rings. The van der Waals surface area contributed by atoms with E-state index in [9.17, 15) is 8.78 Å². The van der Waals surface area contributed by atoms with Crippen LogP contribution in [0, 0.1) is 17.8 Å². The van der Waals surface area contributed by atoms with Gasteiger partial charge in [-0.2, -0.15) is 0 Å². The van der Waals surface area contributed by atoms with Crippen molar-refractivity contribution < 1.29 is 8.78 Å². The van der Waals surface area contributed by atoms with Crippen LogP contribution in [0.3, 0.4) is 0 Å². The second-order valence-electron chi connectivity index (χ2n) is 3.14. The van der Waals surface area contributed by atoms with Gasteiger partial charge in [0.15, 0.2) is 0 Å². The minimum Gasteiger partial charge on any atom is -0.210 e. The van der Waals surface area contributed by atoms with Crippen molar-refractivity contribution in [1.82, 2.24) is 0 Å². The van der Waals surface area contributed by atoms with Gasteiger partial charge < -0.3 is 0 Å². The minimum absolute atomic E-state index is 0.273. The fourth-order valence-electron chi connectivity index (χ4n) is 1.29. The van der Waals surface area contributed by atoms with Crippen molar-refractivity contribution >= 4 is 0 Å². The van der Waals surface area contributed by atoms with E-state index in [-0.39, 0.29) is 5.92 Å². The predicted octanol–water partition coefficient (Wildman–Crippen LogP) is 2.54. The smallest absolute Gasteiger partial charge is 0.210 e. The van der Waals surface area contributed by atoms with Crippen LogP contribution in [0.4, 0.5) is 8.78 Å². The lowest BCUT2D eigenvalue weighted by molar-refractivity contribution is 0.112. The zero-order chi connectivity index (χ0) is 7.02. The van der Waals surface area contributed by atoms with Crippen LogP contribution in [0.15, 0.2) is 0 Å². The maximum absolute atomic E-state index is 11.8. The number of hydrogen-bond donors (Lipinski definition) is 0. The van der Waals surface area contributed by atoms with Crippen LogP contribution in [0.25, 0.3) is 0 Å². The number of halogens is 2. The summed E-state index contributed by atoms with van der Waals surface area (Å²) in [6.45, 7) is 4.01. The zero-order valence-corrected chi connectivity index (χ0v) is 5.77. The summed E-state index contributed by atoms with van der Waals surface area (Å²) < 4.78 is 23.7. The first-order valence-electron chi connectivity index (χ1n) is 3.41. The van der Waals surface area contributed by atoms with Crippen molar-refractivity contribution in [1.29, 1.82) is 0 Å². The normalized spacial score (nSPS) is 34.0. The van der Waals surface area contributed by atoms with Gasteiger partial charge in [0.2, 0.25) is 6.43 Å². The van der Waals surface area contributed by atoms with Crippen LogP contribution in [-0.4, -0.2) is 6.43 Å². The molecule has 1 rings (SSSR count). The zero-order valence-electron chi connectivity index (χ0n) is 5.77. The highest BCUT2D eigenvalue weighted by molar-refractivity contribution is 4.89. The molecular formula is C7H12F2. The minimum atomic E-state index is -2.07. The van der Waals surface area contributed by atoms with Crippen molar-refractivity contribution in [3.05, 3.63) is 0 Å². The molecule has 1 aliphatic carbocycles. The summed E-state index contributed by atoms with van der Waals surface area (Å²) >= 11 is 0. The molecule has 0 N–H and O–H groups in total. The van der Waals surface area contributed by atoms with Crippen molar-refractivity contribution in [2.45, 2.75) is 26.7 Å². The third kappa shape index (κ3) is 1.41. The molecule has 0 saturated heterocycles. The van der Waals surface area contributed by atoms with Crippen molar-refractivity contribution in [2.75, 3.05) is 0 Å². The van der Waals surface area contributed by atoms with E-state index in [0.29, 0.717) is 11.8 Å². The molecule has 0 radical (unpaired) electrons. The van der Waals surface area contributed by atoms with E-state index in [0.717, 1.165) is 6.42 Å². The van der Waals surface area contributed by atoms with E-state index in [1.807, 2.05) is 13.8 Å². The summed E-state index contributed by atoms with van der Waals surface area (Å²) in [5, 5.41) is 0. The molecule has 0 amide bonds. The molecule has 0 unspecified atom stereocenters. The fraction of sp³-hybridized carbons (Fsp3) is 1.00. The Labute approximate surface area is 54.3 Å². The van der Waals surface area contributed by atoms with Gasteiger partial charge in [-0.05, 0) is 18.3 Å². The van der Waals surface area contributed by atoms with Crippen LogP contribution < -0.4 is 0 Å². The molecule has 54 valence electrons. The van der Waals surface area contributed by atoms with Gasteiger partial charge in [0.1, 0.15) is 0 Å². The molecule has 1 aliphatic rings. The lowest BCUT2D eigenvalue weighted by Crippen LogP contribution is -1.99. The second-order valence-corrected chi connectivity index (χ2v) is 3.14. The average molecular weight is 134 g/mol. The monoisotopic (exact) mass is 134 g/mol. The Bertz CT molecular complexity index is 87.1. The molecular weight excluding hydrogens is 122 g/mol. The largest absolute Gasteiger partial charge is 0.241 e. The van der Waals surface area contributed by atoms with Crippen molar-refractivity contribution in [2.24, 2.45) is 17.8 Å². The lowest BCUT2D eigenvalue weighted by atomic mass is 10.1. The number of rotatable bonds is 2. The Balaban J connectivity index is 2.24. The lowest BCUT2D eigenvalue weighted by Gasteiger charge is -2.00. The molecule has 0 nitrogen and oxygen atoms in total. The van der Waals surface area contributed by atoms with Crippen LogP contribution in [0.2, 0.25) is 0 Å². The molecule has 2 heteroatoms. The first-order valence-corrected chi connectivity index (χ1v) is 3.41. The molecule has 0 aliphatic heterocycles. The Morgan fingerprint density at radius 2 is 1.78 bits per heavy atom. The summed E-state index contributed by atoms with van der Waals surface area (Å²) in [6.07, 6.45) is -1.33. The molecule has 2 atom stereocenters. The molecule has 0 bridgehead atoms. The molecule has 0 aromatic carbocycles. The molecule has 9 heavy (non-hydrogen) atoms. The highest BCUT2D eigenvalue weighted by atomic mass is 19.3. The van der Waals surface area contributed by atoms with E-state index in [4.69, 9.17) is 0 Å². The Morgan fingerprint density at radius 3 is 1.89 bits per heavy atom. The summed E-state index contributed by atoms with van der Waals surface area (Å²) in [5.74, 6) is 0.485. The van der Waals surface area contributed by atoms with Crippen LogP contribution >= 0.6 is 0 Å². The molecule has 0 heterocycles. The number of hydrogen-bond acceptors (Lipinski definition) is 0. The molecule has 1 saturated carbocycles. The van der Waals surface area contributed by atoms with Crippen LogP contribution in [0.1, 0.15) is 20.3 Å². The third-order valence-electron chi connectivity index (χ3n) is 2.07. The first kappa shape index (κ1) is 6.97. The van der Waals surface area contributed by atoms with Gasteiger partial charge in [0.05, 0.1) is 0 Å². The van der Waals surface area contributed by atoms with Gasteiger partial charge in [0.25, 0.3) is 0 Å². The van der Waals surface area contributed by atoms with E-state index < -0.39 is 6.43 Å². The van der Waals surface area contributed by atoms with Gasteiger partial charge in [-0.25, -0.2) is 8.78 Å². The predicted molar refractivity (Wildman–Crippen MR) is 32.4 cm³/mol. The van der Waals surface area contributed by atoms with Crippen LogP contribution in [-0.2, 0) is 0 Å². The Kier molecular flexibility index (Phi) is 1.73. The summed E-state index contributed by atoms with van der Waals surface area (Å²) in [5.41, 5.74) is 0. The Morgan fingerprint density at radius 1 is 1.22 bits per heavy atom. The second kappa shape index (κ2) is 2.24. The average Bonchev–Trinajstić information content (AvgIpc) is 2.39. The SMILES string of the molecule is CC(C)[C@@H]1C[C@@H]1C(F)F. The summed E-state index contributed by atoms with van der Waals surface area (Å²) in [6, 6.07) is 0. The first-order chi connectivity index (χ1) is 4.13. The maximum Gasteiger partial charge on any atom is 0.241 e. The third-order valence-corrected chi connectivity index (χ3v) is 2.07. The van der Waals surface area contributed by atoms with E-state index in [2.05, 4.69) is 0 Å². The Hall–Kier alpha value is -0.140. The highest BCUT2D eigenvalue weighted by Crippen LogP contribution is 2.47. The summed E-state index contributed by atoms with van der Waals surface area (Å²) in [4.78, 5) is 0. The van der Waals surface area contributed by atoms with Crippen molar-refractivity contribution in [3.63, 3.8) is 0 Å². The van der Waals surface area contributed by atoms with Crippen LogP contribution in [0.5, 0.6) is 0 Å².